The number of likely N-dealkylation sites (N-methyl/N-ethyl adjacent to an activating group) is 1. The van der Waals surface area contributed by atoms with Gasteiger partial charge in [0.15, 0.2) is 0 Å². The van der Waals surface area contributed by atoms with E-state index in [2.05, 4.69) is 0 Å². The van der Waals surface area contributed by atoms with E-state index in [1.165, 1.54) is 0 Å². The number of nitrogens with two attached hydrogens (primary N) is 1. The second kappa shape index (κ2) is 8.87. The molecule has 1 unspecified atom stereocenters. The second-order valence-corrected chi connectivity index (χ2v) is 5.52. The Morgan fingerprint density at radius 1 is 1.21 bits per heavy atom. The van der Waals surface area contributed by atoms with Gasteiger partial charge in [-0.3, -0.25) is 9.59 Å². The molecule has 0 radical (unpaired) electrons. The highest BCUT2D eigenvalue weighted by molar-refractivity contribution is 5.82. The summed E-state index contributed by atoms with van der Waals surface area (Å²) in [4.78, 5) is 26.4. The SMILES string of the molecule is CC(C)CN(CCN(C)C)C(=O)C(N)CCC(=O)O. The fourth-order valence-electron chi connectivity index (χ4n) is 1.69. The van der Waals surface area contributed by atoms with E-state index in [1.54, 1.807) is 4.90 Å². The van der Waals surface area contributed by atoms with Crippen molar-refractivity contribution in [2.45, 2.75) is 32.7 Å². The Bertz CT molecular complexity index is 293. The third-order valence-electron chi connectivity index (χ3n) is 2.70. The molecule has 0 heterocycles. The van der Waals surface area contributed by atoms with Crippen LogP contribution in [0.1, 0.15) is 26.7 Å². The van der Waals surface area contributed by atoms with E-state index in [9.17, 15) is 9.59 Å². The van der Waals surface area contributed by atoms with Crippen molar-refractivity contribution in [3.63, 3.8) is 0 Å². The normalized spacial score (nSPS) is 12.8. The van der Waals surface area contributed by atoms with Crippen LogP contribution in [0.5, 0.6) is 0 Å². The van der Waals surface area contributed by atoms with Crippen molar-refractivity contribution in [2.75, 3.05) is 33.7 Å². The van der Waals surface area contributed by atoms with Crippen molar-refractivity contribution >= 4 is 11.9 Å². The number of carbonyl (C=O) groups excluding carboxylic acids is 1. The minimum Gasteiger partial charge on any atom is -0.481 e. The van der Waals surface area contributed by atoms with Crippen LogP contribution >= 0.6 is 0 Å². The van der Waals surface area contributed by atoms with E-state index in [1.807, 2.05) is 32.8 Å². The molecule has 0 aliphatic heterocycles. The molecule has 1 amide bonds. The zero-order chi connectivity index (χ0) is 15.0. The maximum absolute atomic E-state index is 12.2. The highest BCUT2D eigenvalue weighted by Crippen LogP contribution is 2.05. The molecule has 0 saturated heterocycles. The van der Waals surface area contributed by atoms with Gasteiger partial charge in [0.05, 0.1) is 6.04 Å². The molecule has 0 aliphatic rings. The van der Waals surface area contributed by atoms with Crippen LogP contribution in [0, 0.1) is 5.92 Å². The van der Waals surface area contributed by atoms with Crippen LogP contribution in [0.15, 0.2) is 0 Å². The van der Waals surface area contributed by atoms with E-state index in [-0.39, 0.29) is 18.7 Å². The van der Waals surface area contributed by atoms with Crippen molar-refractivity contribution in [3.8, 4) is 0 Å². The molecule has 6 heteroatoms. The van der Waals surface area contributed by atoms with Gasteiger partial charge in [-0.2, -0.15) is 0 Å². The van der Waals surface area contributed by atoms with Gasteiger partial charge >= 0.3 is 5.97 Å². The number of carboxylic acids is 1. The lowest BCUT2D eigenvalue weighted by Gasteiger charge is -2.28. The molecule has 0 aromatic carbocycles. The molecule has 6 nitrogen and oxygen atoms in total. The summed E-state index contributed by atoms with van der Waals surface area (Å²) in [5, 5.41) is 8.62. The summed E-state index contributed by atoms with van der Waals surface area (Å²) in [6.07, 6.45) is 0.112. The quantitative estimate of drug-likeness (QED) is 0.628. The molecule has 0 rings (SSSR count). The third-order valence-corrected chi connectivity index (χ3v) is 2.70. The first-order valence-electron chi connectivity index (χ1n) is 6.65. The number of aliphatic carboxylic acids is 1. The first kappa shape index (κ1) is 17.9. The molecule has 19 heavy (non-hydrogen) atoms. The largest absolute Gasteiger partial charge is 0.481 e. The fourth-order valence-corrected chi connectivity index (χ4v) is 1.69. The number of carboxylic acid groups (broad SMARTS) is 1. The maximum Gasteiger partial charge on any atom is 0.303 e. The van der Waals surface area contributed by atoms with Crippen LogP contribution in [-0.2, 0) is 9.59 Å². The van der Waals surface area contributed by atoms with Gasteiger partial charge in [0.2, 0.25) is 5.91 Å². The van der Waals surface area contributed by atoms with Gasteiger partial charge in [0.25, 0.3) is 0 Å². The molecule has 3 N–H and O–H groups in total. The minimum absolute atomic E-state index is 0.0733. The summed E-state index contributed by atoms with van der Waals surface area (Å²) >= 11 is 0. The Labute approximate surface area is 115 Å². The summed E-state index contributed by atoms with van der Waals surface area (Å²) in [5.41, 5.74) is 5.78. The van der Waals surface area contributed by atoms with E-state index < -0.39 is 12.0 Å². The monoisotopic (exact) mass is 273 g/mol. The lowest BCUT2D eigenvalue weighted by Crippen LogP contribution is -2.47. The van der Waals surface area contributed by atoms with Crippen LogP contribution in [0.2, 0.25) is 0 Å². The van der Waals surface area contributed by atoms with Crippen LogP contribution < -0.4 is 5.73 Å². The molecule has 1 atom stereocenters. The van der Waals surface area contributed by atoms with Gasteiger partial charge in [0.1, 0.15) is 0 Å². The van der Waals surface area contributed by atoms with Gasteiger partial charge in [0, 0.05) is 26.1 Å². The Morgan fingerprint density at radius 2 is 1.79 bits per heavy atom. The summed E-state index contributed by atoms with van der Waals surface area (Å²) in [7, 11) is 3.89. The van der Waals surface area contributed by atoms with E-state index >= 15 is 0 Å². The lowest BCUT2D eigenvalue weighted by molar-refractivity contribution is -0.137. The Hall–Kier alpha value is -1.14. The zero-order valence-corrected chi connectivity index (χ0v) is 12.4. The molecular weight excluding hydrogens is 246 g/mol. The van der Waals surface area contributed by atoms with Crippen molar-refractivity contribution < 1.29 is 14.7 Å². The van der Waals surface area contributed by atoms with Gasteiger partial charge in [-0.1, -0.05) is 13.8 Å². The van der Waals surface area contributed by atoms with E-state index in [0.29, 0.717) is 19.0 Å². The van der Waals surface area contributed by atoms with E-state index in [4.69, 9.17) is 10.8 Å². The van der Waals surface area contributed by atoms with Crippen molar-refractivity contribution in [1.82, 2.24) is 9.80 Å². The van der Waals surface area contributed by atoms with Crippen molar-refractivity contribution in [1.29, 1.82) is 0 Å². The number of carbonyl (C=O) groups is 2. The predicted molar refractivity (Wildman–Crippen MR) is 74.8 cm³/mol. The number of nitrogens with zero attached hydrogens (tertiary/aromatic N) is 2. The van der Waals surface area contributed by atoms with E-state index in [0.717, 1.165) is 6.54 Å². The van der Waals surface area contributed by atoms with Crippen LogP contribution in [0.4, 0.5) is 0 Å². The smallest absolute Gasteiger partial charge is 0.303 e. The highest BCUT2D eigenvalue weighted by atomic mass is 16.4. The van der Waals surface area contributed by atoms with Crippen molar-refractivity contribution in [3.05, 3.63) is 0 Å². The first-order valence-corrected chi connectivity index (χ1v) is 6.65. The van der Waals surface area contributed by atoms with Gasteiger partial charge in [-0.25, -0.2) is 0 Å². The standard InChI is InChI=1S/C13H27N3O3/c1-10(2)9-16(8-7-15(3)4)13(19)11(14)5-6-12(17)18/h10-11H,5-9,14H2,1-4H3,(H,17,18). The molecule has 0 aromatic rings. The summed E-state index contributed by atoms with van der Waals surface area (Å²) < 4.78 is 0. The van der Waals surface area contributed by atoms with Crippen molar-refractivity contribution in [2.24, 2.45) is 11.7 Å². The molecule has 112 valence electrons. The fraction of sp³-hybridized carbons (Fsp3) is 0.846. The predicted octanol–water partition coefficient (Wildman–Crippen LogP) is 0.225. The highest BCUT2D eigenvalue weighted by Gasteiger charge is 2.22. The molecule has 0 bridgehead atoms. The van der Waals surface area contributed by atoms with Crippen LogP contribution in [0.25, 0.3) is 0 Å². The Morgan fingerprint density at radius 3 is 2.21 bits per heavy atom. The molecule has 0 spiro atoms. The second-order valence-electron chi connectivity index (χ2n) is 5.52. The van der Waals surface area contributed by atoms with Crippen LogP contribution in [-0.4, -0.2) is 66.6 Å². The lowest BCUT2D eigenvalue weighted by atomic mass is 10.1. The number of hydrogen-bond donors (Lipinski definition) is 2. The first-order chi connectivity index (χ1) is 8.73. The molecule has 0 aromatic heterocycles. The molecule has 0 aliphatic carbocycles. The summed E-state index contributed by atoms with van der Waals surface area (Å²) in [5.74, 6) is -0.721. The minimum atomic E-state index is -0.924. The topological polar surface area (TPSA) is 86.9 Å². The third kappa shape index (κ3) is 8.56. The molecular formula is C13H27N3O3. The Balaban J connectivity index is 4.46. The van der Waals surface area contributed by atoms with Gasteiger partial charge in [-0.05, 0) is 26.4 Å². The summed E-state index contributed by atoms with van der Waals surface area (Å²) in [6.45, 7) is 6.11. The maximum atomic E-state index is 12.2. The average molecular weight is 273 g/mol. The molecule has 0 saturated carbocycles. The number of amides is 1. The molecule has 0 fully saturated rings. The summed E-state index contributed by atoms with van der Waals surface area (Å²) in [6, 6.07) is -0.725. The van der Waals surface area contributed by atoms with Gasteiger partial charge < -0.3 is 20.6 Å². The number of hydrogen-bond acceptors (Lipinski definition) is 4. The number of rotatable bonds is 9. The zero-order valence-electron chi connectivity index (χ0n) is 12.4. The van der Waals surface area contributed by atoms with Gasteiger partial charge in [-0.15, -0.1) is 0 Å². The Kier molecular flexibility index (Phi) is 8.34. The average Bonchev–Trinajstić information content (AvgIpc) is 2.29. The van der Waals surface area contributed by atoms with Crippen LogP contribution in [0.3, 0.4) is 0 Å².